The molecule has 1 aliphatic carbocycles. The summed E-state index contributed by atoms with van der Waals surface area (Å²) in [6, 6.07) is 0.662. The SMILES string of the molecule is CC1CCC(C(CN)N2CC(C)C(C)C2)CC1. The number of rotatable bonds is 3. The van der Waals surface area contributed by atoms with Crippen molar-refractivity contribution in [3.63, 3.8) is 0 Å². The Labute approximate surface area is 107 Å². The first kappa shape index (κ1) is 13.4. The van der Waals surface area contributed by atoms with Gasteiger partial charge in [0.2, 0.25) is 0 Å². The molecule has 2 N–H and O–H groups in total. The highest BCUT2D eigenvalue weighted by atomic mass is 15.2. The van der Waals surface area contributed by atoms with Crippen LogP contribution in [-0.4, -0.2) is 30.6 Å². The summed E-state index contributed by atoms with van der Waals surface area (Å²) in [5, 5.41) is 0. The van der Waals surface area contributed by atoms with E-state index in [9.17, 15) is 0 Å². The zero-order valence-corrected chi connectivity index (χ0v) is 11.9. The average molecular weight is 238 g/mol. The monoisotopic (exact) mass is 238 g/mol. The molecular formula is C15H30N2. The second kappa shape index (κ2) is 5.71. The van der Waals surface area contributed by atoms with Crippen LogP contribution in [0.5, 0.6) is 0 Å². The molecule has 1 heterocycles. The molecule has 0 radical (unpaired) electrons. The van der Waals surface area contributed by atoms with Gasteiger partial charge in [0, 0.05) is 25.7 Å². The number of nitrogens with two attached hydrogens (primary N) is 1. The second-order valence-electron chi connectivity index (χ2n) is 6.73. The Morgan fingerprint density at radius 1 is 1.00 bits per heavy atom. The molecular weight excluding hydrogens is 208 g/mol. The second-order valence-corrected chi connectivity index (χ2v) is 6.73. The van der Waals surface area contributed by atoms with Gasteiger partial charge in [-0.05, 0) is 36.5 Å². The molecule has 2 aliphatic rings. The van der Waals surface area contributed by atoms with E-state index in [4.69, 9.17) is 5.73 Å². The molecule has 1 aliphatic heterocycles. The highest BCUT2D eigenvalue weighted by Gasteiger charge is 2.35. The third-order valence-corrected chi connectivity index (χ3v) is 5.33. The van der Waals surface area contributed by atoms with Gasteiger partial charge in [0.1, 0.15) is 0 Å². The van der Waals surface area contributed by atoms with Crippen LogP contribution in [0, 0.1) is 23.7 Å². The Bertz CT molecular complexity index is 223. The van der Waals surface area contributed by atoms with Gasteiger partial charge < -0.3 is 5.73 Å². The first-order valence-corrected chi connectivity index (χ1v) is 7.56. The fraction of sp³-hybridized carbons (Fsp3) is 1.00. The van der Waals surface area contributed by atoms with Crippen LogP contribution in [0.1, 0.15) is 46.5 Å². The van der Waals surface area contributed by atoms with Gasteiger partial charge in [-0.25, -0.2) is 0 Å². The molecule has 2 rings (SSSR count). The maximum Gasteiger partial charge on any atom is 0.0246 e. The summed E-state index contributed by atoms with van der Waals surface area (Å²) in [4.78, 5) is 2.69. The summed E-state index contributed by atoms with van der Waals surface area (Å²) < 4.78 is 0. The summed E-state index contributed by atoms with van der Waals surface area (Å²) in [5.74, 6) is 3.52. The molecule has 1 saturated carbocycles. The van der Waals surface area contributed by atoms with Crippen molar-refractivity contribution >= 4 is 0 Å². The molecule has 0 aromatic carbocycles. The van der Waals surface area contributed by atoms with E-state index in [2.05, 4.69) is 25.7 Å². The highest BCUT2D eigenvalue weighted by molar-refractivity contribution is 4.89. The molecule has 2 heteroatoms. The molecule has 0 aromatic rings. The topological polar surface area (TPSA) is 29.3 Å². The van der Waals surface area contributed by atoms with E-state index in [0.29, 0.717) is 6.04 Å². The lowest BCUT2D eigenvalue weighted by molar-refractivity contribution is 0.129. The Kier molecular flexibility index (Phi) is 4.48. The lowest BCUT2D eigenvalue weighted by Gasteiger charge is -2.37. The summed E-state index contributed by atoms with van der Waals surface area (Å²) >= 11 is 0. The molecule has 0 spiro atoms. The van der Waals surface area contributed by atoms with Crippen molar-refractivity contribution in [1.29, 1.82) is 0 Å². The zero-order chi connectivity index (χ0) is 12.4. The van der Waals surface area contributed by atoms with Crippen molar-refractivity contribution in [3.05, 3.63) is 0 Å². The van der Waals surface area contributed by atoms with Gasteiger partial charge in [-0.15, -0.1) is 0 Å². The molecule has 0 bridgehead atoms. The van der Waals surface area contributed by atoms with Crippen molar-refractivity contribution in [2.75, 3.05) is 19.6 Å². The van der Waals surface area contributed by atoms with Gasteiger partial charge in [0.25, 0.3) is 0 Å². The van der Waals surface area contributed by atoms with Crippen molar-refractivity contribution in [1.82, 2.24) is 4.90 Å². The molecule has 3 atom stereocenters. The van der Waals surface area contributed by atoms with Gasteiger partial charge in [-0.2, -0.15) is 0 Å². The van der Waals surface area contributed by atoms with E-state index in [1.807, 2.05) is 0 Å². The predicted octanol–water partition coefficient (Wildman–Crippen LogP) is 2.73. The molecule has 0 amide bonds. The van der Waals surface area contributed by atoms with Crippen LogP contribution in [0.3, 0.4) is 0 Å². The summed E-state index contributed by atoms with van der Waals surface area (Å²) in [5.41, 5.74) is 6.07. The molecule has 2 nitrogen and oxygen atoms in total. The largest absolute Gasteiger partial charge is 0.329 e. The Morgan fingerprint density at radius 3 is 2.00 bits per heavy atom. The summed E-state index contributed by atoms with van der Waals surface area (Å²) in [7, 11) is 0. The highest BCUT2D eigenvalue weighted by Crippen LogP contribution is 2.34. The van der Waals surface area contributed by atoms with E-state index in [0.717, 1.165) is 30.2 Å². The number of nitrogens with zero attached hydrogens (tertiary/aromatic N) is 1. The Hall–Kier alpha value is -0.0800. The van der Waals surface area contributed by atoms with Crippen LogP contribution in [-0.2, 0) is 0 Å². The smallest absolute Gasteiger partial charge is 0.0246 e. The quantitative estimate of drug-likeness (QED) is 0.819. The van der Waals surface area contributed by atoms with Crippen LogP contribution in [0.4, 0.5) is 0 Å². The van der Waals surface area contributed by atoms with E-state index in [1.54, 1.807) is 0 Å². The van der Waals surface area contributed by atoms with E-state index in [1.165, 1.54) is 38.8 Å². The minimum atomic E-state index is 0.662. The van der Waals surface area contributed by atoms with Crippen molar-refractivity contribution in [3.8, 4) is 0 Å². The molecule has 1 saturated heterocycles. The zero-order valence-electron chi connectivity index (χ0n) is 11.9. The van der Waals surface area contributed by atoms with E-state index in [-0.39, 0.29) is 0 Å². The lowest BCUT2D eigenvalue weighted by Crippen LogP contribution is -2.45. The Balaban J connectivity index is 1.92. The standard InChI is InChI=1S/C15H30N2/c1-11-4-6-14(7-5-11)15(8-16)17-9-12(2)13(3)10-17/h11-15H,4-10,16H2,1-3H3. The third-order valence-electron chi connectivity index (χ3n) is 5.33. The first-order valence-electron chi connectivity index (χ1n) is 7.56. The van der Waals surface area contributed by atoms with Crippen LogP contribution >= 0.6 is 0 Å². The maximum absolute atomic E-state index is 6.07. The normalized spacial score (nSPS) is 41.6. The van der Waals surface area contributed by atoms with Crippen molar-refractivity contribution in [2.45, 2.75) is 52.5 Å². The van der Waals surface area contributed by atoms with Crippen LogP contribution < -0.4 is 5.73 Å². The predicted molar refractivity (Wildman–Crippen MR) is 73.9 cm³/mol. The minimum absolute atomic E-state index is 0.662. The minimum Gasteiger partial charge on any atom is -0.329 e. The third kappa shape index (κ3) is 3.03. The molecule has 2 fully saturated rings. The van der Waals surface area contributed by atoms with Crippen LogP contribution in [0.25, 0.3) is 0 Å². The van der Waals surface area contributed by atoms with Gasteiger partial charge in [-0.1, -0.05) is 33.6 Å². The lowest BCUT2D eigenvalue weighted by atomic mass is 9.79. The molecule has 0 aromatic heterocycles. The van der Waals surface area contributed by atoms with Crippen molar-refractivity contribution in [2.24, 2.45) is 29.4 Å². The number of hydrogen-bond acceptors (Lipinski definition) is 2. The van der Waals surface area contributed by atoms with Crippen LogP contribution in [0.15, 0.2) is 0 Å². The average Bonchev–Trinajstić information content (AvgIpc) is 2.63. The van der Waals surface area contributed by atoms with E-state index < -0.39 is 0 Å². The molecule has 17 heavy (non-hydrogen) atoms. The number of likely N-dealkylation sites (tertiary alicyclic amines) is 1. The van der Waals surface area contributed by atoms with Gasteiger partial charge in [0.05, 0.1) is 0 Å². The summed E-state index contributed by atoms with van der Waals surface area (Å²) in [6.45, 7) is 10.6. The van der Waals surface area contributed by atoms with Gasteiger partial charge in [-0.3, -0.25) is 4.90 Å². The Morgan fingerprint density at radius 2 is 1.53 bits per heavy atom. The van der Waals surface area contributed by atoms with E-state index >= 15 is 0 Å². The van der Waals surface area contributed by atoms with Gasteiger partial charge in [0.15, 0.2) is 0 Å². The fourth-order valence-corrected chi connectivity index (χ4v) is 3.76. The van der Waals surface area contributed by atoms with Crippen molar-refractivity contribution < 1.29 is 0 Å². The number of hydrogen-bond donors (Lipinski definition) is 1. The van der Waals surface area contributed by atoms with Gasteiger partial charge >= 0.3 is 0 Å². The first-order chi connectivity index (χ1) is 8.11. The maximum atomic E-state index is 6.07. The fourth-order valence-electron chi connectivity index (χ4n) is 3.76. The summed E-state index contributed by atoms with van der Waals surface area (Å²) in [6.07, 6.45) is 5.64. The molecule has 100 valence electrons. The molecule has 3 unspecified atom stereocenters. The van der Waals surface area contributed by atoms with Crippen LogP contribution in [0.2, 0.25) is 0 Å².